The van der Waals surface area contributed by atoms with Crippen LogP contribution in [0.4, 0.5) is 0 Å². The summed E-state index contributed by atoms with van der Waals surface area (Å²) in [6, 6.07) is 8.13. The molecule has 82 valence electrons. The smallest absolute Gasteiger partial charge is 0.306 e. The summed E-state index contributed by atoms with van der Waals surface area (Å²) in [6.07, 6.45) is 2.60. The average molecular weight is 271 g/mol. The van der Waals surface area contributed by atoms with Gasteiger partial charge in [-0.3, -0.25) is 4.79 Å². The summed E-state index contributed by atoms with van der Waals surface area (Å²) < 4.78 is 1.08. The van der Waals surface area contributed by atoms with Gasteiger partial charge < -0.3 is 5.11 Å². The minimum atomic E-state index is -0.704. The first-order chi connectivity index (χ1) is 7.09. The van der Waals surface area contributed by atoms with Crippen LogP contribution in [0, 0.1) is 5.92 Å². The Morgan fingerprint density at radius 2 is 2.27 bits per heavy atom. The molecular formula is C12H15BrO2. The lowest BCUT2D eigenvalue weighted by Crippen LogP contribution is -2.09. The highest BCUT2D eigenvalue weighted by Gasteiger charge is 2.09. The van der Waals surface area contributed by atoms with Crippen LogP contribution < -0.4 is 0 Å². The fraction of sp³-hybridized carbons (Fsp3) is 0.417. The van der Waals surface area contributed by atoms with E-state index in [1.54, 1.807) is 6.92 Å². The second-order valence-corrected chi connectivity index (χ2v) is 4.68. The number of hydrogen-bond donors (Lipinski definition) is 1. The first kappa shape index (κ1) is 12.2. The van der Waals surface area contributed by atoms with Crippen LogP contribution in [0.1, 0.15) is 25.3 Å². The van der Waals surface area contributed by atoms with Gasteiger partial charge in [-0.15, -0.1) is 0 Å². The van der Waals surface area contributed by atoms with Crippen molar-refractivity contribution in [3.63, 3.8) is 0 Å². The van der Waals surface area contributed by atoms with E-state index in [1.165, 1.54) is 5.56 Å². The van der Waals surface area contributed by atoms with E-state index in [0.29, 0.717) is 0 Å². The molecule has 3 heteroatoms. The van der Waals surface area contributed by atoms with Crippen molar-refractivity contribution in [3.05, 3.63) is 34.3 Å². The Balaban J connectivity index is 2.35. The molecule has 0 heterocycles. The molecule has 0 bridgehead atoms. The third-order valence-electron chi connectivity index (χ3n) is 2.41. The number of aryl methyl sites for hydroxylation is 1. The maximum Gasteiger partial charge on any atom is 0.306 e. The summed E-state index contributed by atoms with van der Waals surface area (Å²) in [6.45, 7) is 1.75. The molecule has 1 unspecified atom stereocenters. The Labute approximate surface area is 98.4 Å². The zero-order valence-corrected chi connectivity index (χ0v) is 10.3. The Morgan fingerprint density at radius 1 is 1.53 bits per heavy atom. The Morgan fingerprint density at radius 3 is 2.87 bits per heavy atom. The first-order valence-corrected chi connectivity index (χ1v) is 5.86. The van der Waals surface area contributed by atoms with Crippen LogP contribution in [0.15, 0.2) is 28.7 Å². The normalized spacial score (nSPS) is 12.4. The molecule has 0 radical (unpaired) electrons. The van der Waals surface area contributed by atoms with E-state index in [1.807, 2.05) is 12.1 Å². The van der Waals surface area contributed by atoms with Gasteiger partial charge in [-0.1, -0.05) is 35.0 Å². The molecule has 2 nitrogen and oxygen atoms in total. The lowest BCUT2D eigenvalue weighted by molar-refractivity contribution is -0.141. The number of aliphatic carboxylic acids is 1. The van der Waals surface area contributed by atoms with Crippen LogP contribution in [0.2, 0.25) is 0 Å². The van der Waals surface area contributed by atoms with Crippen LogP contribution in [-0.2, 0) is 11.2 Å². The van der Waals surface area contributed by atoms with E-state index >= 15 is 0 Å². The Kier molecular flexibility index (Phi) is 4.82. The van der Waals surface area contributed by atoms with E-state index in [2.05, 4.69) is 28.1 Å². The molecule has 1 aromatic rings. The summed E-state index contributed by atoms with van der Waals surface area (Å²) in [4.78, 5) is 10.6. The maximum absolute atomic E-state index is 10.6. The molecule has 0 aromatic heterocycles. The third kappa shape index (κ3) is 4.47. The molecule has 1 rings (SSSR count). The first-order valence-electron chi connectivity index (χ1n) is 5.07. The largest absolute Gasteiger partial charge is 0.481 e. The molecule has 0 spiro atoms. The minimum absolute atomic E-state index is 0.239. The number of carbonyl (C=O) groups is 1. The van der Waals surface area contributed by atoms with Crippen molar-refractivity contribution >= 4 is 21.9 Å². The van der Waals surface area contributed by atoms with Crippen molar-refractivity contribution in [1.82, 2.24) is 0 Å². The molecule has 0 aliphatic carbocycles. The lowest BCUT2D eigenvalue weighted by Gasteiger charge is -2.05. The molecule has 1 aromatic carbocycles. The van der Waals surface area contributed by atoms with Gasteiger partial charge in [0.2, 0.25) is 0 Å². The minimum Gasteiger partial charge on any atom is -0.481 e. The Hall–Kier alpha value is -0.830. The quantitative estimate of drug-likeness (QED) is 0.890. The highest BCUT2D eigenvalue weighted by Crippen LogP contribution is 2.15. The van der Waals surface area contributed by atoms with Crippen LogP contribution in [0.5, 0.6) is 0 Å². The summed E-state index contributed by atoms with van der Waals surface area (Å²) >= 11 is 3.41. The van der Waals surface area contributed by atoms with Crippen molar-refractivity contribution in [2.75, 3.05) is 0 Å². The number of halogens is 1. The topological polar surface area (TPSA) is 37.3 Å². The molecule has 1 N–H and O–H groups in total. The van der Waals surface area contributed by atoms with Gasteiger partial charge in [0.05, 0.1) is 5.92 Å². The number of benzene rings is 1. The molecular weight excluding hydrogens is 256 g/mol. The molecule has 15 heavy (non-hydrogen) atoms. The predicted molar refractivity (Wildman–Crippen MR) is 63.9 cm³/mol. The molecule has 0 aliphatic rings. The standard InChI is InChI=1S/C12H15BrO2/c1-9(12(14)15)4-2-5-10-6-3-7-11(13)8-10/h3,6-9H,2,4-5H2,1H3,(H,14,15). The average Bonchev–Trinajstić information content (AvgIpc) is 2.17. The summed E-state index contributed by atoms with van der Waals surface area (Å²) in [5.74, 6) is -0.943. The molecule has 1 atom stereocenters. The highest BCUT2D eigenvalue weighted by atomic mass is 79.9. The van der Waals surface area contributed by atoms with E-state index in [0.717, 1.165) is 23.7 Å². The van der Waals surface area contributed by atoms with Crippen molar-refractivity contribution in [2.45, 2.75) is 26.2 Å². The van der Waals surface area contributed by atoms with E-state index in [9.17, 15) is 4.79 Å². The third-order valence-corrected chi connectivity index (χ3v) is 2.91. The van der Waals surface area contributed by atoms with Crippen LogP contribution in [-0.4, -0.2) is 11.1 Å². The molecule has 0 fully saturated rings. The molecule has 0 amide bonds. The van der Waals surface area contributed by atoms with Gasteiger partial charge in [0.15, 0.2) is 0 Å². The van der Waals surface area contributed by atoms with E-state index in [4.69, 9.17) is 5.11 Å². The number of carboxylic acids is 1. The summed E-state index contributed by atoms with van der Waals surface area (Å²) in [5.41, 5.74) is 1.25. The summed E-state index contributed by atoms with van der Waals surface area (Å²) in [5, 5.41) is 8.72. The zero-order valence-electron chi connectivity index (χ0n) is 8.74. The van der Waals surface area contributed by atoms with Gasteiger partial charge in [-0.25, -0.2) is 0 Å². The second kappa shape index (κ2) is 5.91. The van der Waals surface area contributed by atoms with Gasteiger partial charge in [0.1, 0.15) is 0 Å². The number of hydrogen-bond acceptors (Lipinski definition) is 1. The molecule has 0 saturated carbocycles. The molecule has 0 saturated heterocycles. The maximum atomic E-state index is 10.6. The summed E-state index contributed by atoms with van der Waals surface area (Å²) in [7, 11) is 0. The van der Waals surface area contributed by atoms with Gasteiger partial charge >= 0.3 is 5.97 Å². The second-order valence-electron chi connectivity index (χ2n) is 3.76. The van der Waals surface area contributed by atoms with Crippen LogP contribution in [0.3, 0.4) is 0 Å². The van der Waals surface area contributed by atoms with E-state index < -0.39 is 5.97 Å². The van der Waals surface area contributed by atoms with Gasteiger partial charge in [-0.05, 0) is 37.0 Å². The Bertz CT molecular complexity index is 336. The number of carboxylic acid groups (broad SMARTS) is 1. The van der Waals surface area contributed by atoms with Crippen molar-refractivity contribution < 1.29 is 9.90 Å². The highest BCUT2D eigenvalue weighted by molar-refractivity contribution is 9.10. The van der Waals surface area contributed by atoms with Crippen LogP contribution >= 0.6 is 15.9 Å². The van der Waals surface area contributed by atoms with Gasteiger partial charge in [0, 0.05) is 4.47 Å². The zero-order chi connectivity index (χ0) is 11.3. The SMILES string of the molecule is CC(CCCc1cccc(Br)c1)C(=O)O. The van der Waals surface area contributed by atoms with Gasteiger partial charge in [-0.2, -0.15) is 0 Å². The van der Waals surface area contributed by atoms with Crippen molar-refractivity contribution in [2.24, 2.45) is 5.92 Å². The number of rotatable bonds is 5. The van der Waals surface area contributed by atoms with Gasteiger partial charge in [0.25, 0.3) is 0 Å². The predicted octanol–water partition coefficient (Wildman–Crippen LogP) is 3.49. The van der Waals surface area contributed by atoms with Crippen molar-refractivity contribution in [1.29, 1.82) is 0 Å². The van der Waals surface area contributed by atoms with Crippen LogP contribution in [0.25, 0.3) is 0 Å². The fourth-order valence-electron chi connectivity index (χ4n) is 1.43. The lowest BCUT2D eigenvalue weighted by atomic mass is 10.0. The van der Waals surface area contributed by atoms with Crippen molar-refractivity contribution in [3.8, 4) is 0 Å². The molecule has 0 aliphatic heterocycles. The monoisotopic (exact) mass is 270 g/mol. The fourth-order valence-corrected chi connectivity index (χ4v) is 1.87. The van der Waals surface area contributed by atoms with E-state index in [-0.39, 0.29) is 5.92 Å².